The van der Waals surface area contributed by atoms with E-state index in [1.807, 2.05) is 35.6 Å². The Kier molecular flexibility index (Phi) is 16.9. The number of amides is 1. The van der Waals surface area contributed by atoms with E-state index in [0.29, 0.717) is 12.1 Å². The summed E-state index contributed by atoms with van der Waals surface area (Å²) in [6.07, 6.45) is 1.89. The Hall–Kier alpha value is -3.48. The van der Waals surface area contributed by atoms with E-state index >= 15 is 0 Å². The molecule has 64 heavy (non-hydrogen) atoms. The standard InChI is InChI=1S/C27H33NOS.C27H31NS.Cl3OP/c1-26(2,3)21-11-7-19(8-12-21)24-16-15-23(30-24)17-18-28-25(29)20-9-13-22(14-10-20)27(4,5)6;1-26(2,3)20-11-7-18(8-12-20)24-17-22-23(29-24)15-16-28-25(22)19-9-13-21(14-10-19)27(4,5)6;1-5(2,3)4/h7-16H,17-18H2,1-6H3,(H,28,29);7-14,17H,15-16H2,1-6H3;. The molecule has 0 saturated heterocycles. The third kappa shape index (κ3) is 15.0. The largest absolute Gasteiger partial charge is 0.352 e. The Morgan fingerprint density at radius 3 is 1.42 bits per heavy atom. The number of fused-ring (bicyclic) bond motifs is 1. The number of thiophene rings is 2. The van der Waals surface area contributed by atoms with Crippen LogP contribution in [0.3, 0.4) is 0 Å². The Morgan fingerprint density at radius 2 is 0.984 bits per heavy atom. The lowest BCUT2D eigenvalue weighted by Crippen LogP contribution is -2.25. The number of rotatable bonds is 7. The summed E-state index contributed by atoms with van der Waals surface area (Å²) in [6, 6.07) is 41.6. The lowest BCUT2D eigenvalue weighted by Gasteiger charge is -2.20. The van der Waals surface area contributed by atoms with Gasteiger partial charge in [0.15, 0.2) is 0 Å². The molecule has 340 valence electrons. The molecule has 1 N–H and O–H groups in total. The number of aliphatic imine (C=N–C) groups is 1. The second kappa shape index (κ2) is 21.0. The monoisotopic (exact) mass is 972 g/mol. The predicted octanol–water partition coefficient (Wildman–Crippen LogP) is 17.2. The molecule has 0 aliphatic carbocycles. The average molecular weight is 975 g/mol. The van der Waals surface area contributed by atoms with E-state index in [-0.39, 0.29) is 27.6 Å². The van der Waals surface area contributed by atoms with Crippen LogP contribution >= 0.6 is 61.6 Å². The molecule has 0 atom stereocenters. The van der Waals surface area contributed by atoms with Crippen LogP contribution in [0.15, 0.2) is 120 Å². The molecule has 1 aliphatic heterocycles. The van der Waals surface area contributed by atoms with E-state index in [2.05, 4.69) is 213 Å². The van der Waals surface area contributed by atoms with Crippen LogP contribution in [-0.2, 0) is 39.1 Å². The van der Waals surface area contributed by atoms with Crippen molar-refractivity contribution in [3.05, 3.63) is 164 Å². The third-order valence-corrected chi connectivity index (χ3v) is 13.5. The maximum atomic E-state index is 12.4. The second-order valence-electron chi connectivity index (χ2n) is 20.4. The lowest BCUT2D eigenvalue weighted by atomic mass is 9.86. The molecule has 0 bridgehead atoms. The van der Waals surface area contributed by atoms with Gasteiger partial charge in [-0.2, -0.15) is 0 Å². The van der Waals surface area contributed by atoms with Crippen molar-refractivity contribution in [2.45, 2.75) is 118 Å². The minimum absolute atomic E-state index is 0.00925. The first-order valence-corrected chi connectivity index (χ1v) is 27.9. The topological polar surface area (TPSA) is 58.5 Å². The van der Waals surface area contributed by atoms with Crippen LogP contribution in [-0.4, -0.2) is 24.7 Å². The molecule has 0 fully saturated rings. The van der Waals surface area contributed by atoms with Gasteiger partial charge in [0.2, 0.25) is 0 Å². The number of benzene rings is 4. The highest BCUT2D eigenvalue weighted by atomic mass is 36.0. The highest BCUT2D eigenvalue weighted by molar-refractivity contribution is 8.24. The Balaban J connectivity index is 0.000000218. The van der Waals surface area contributed by atoms with E-state index in [1.54, 1.807) is 11.3 Å². The Bertz CT molecular complexity index is 2550. The van der Waals surface area contributed by atoms with Gasteiger partial charge in [0.1, 0.15) is 0 Å². The van der Waals surface area contributed by atoms with Gasteiger partial charge in [0.05, 0.1) is 5.71 Å². The van der Waals surface area contributed by atoms with Crippen LogP contribution < -0.4 is 5.32 Å². The van der Waals surface area contributed by atoms with Crippen LogP contribution in [0.2, 0.25) is 0 Å². The number of nitrogens with zero attached hydrogens (tertiary/aromatic N) is 1. The highest BCUT2D eigenvalue weighted by Crippen LogP contribution is 2.61. The van der Waals surface area contributed by atoms with E-state index in [4.69, 9.17) is 4.99 Å². The maximum Gasteiger partial charge on any atom is 0.339 e. The van der Waals surface area contributed by atoms with Gasteiger partial charge in [-0.25, -0.2) is 0 Å². The smallest absolute Gasteiger partial charge is 0.339 e. The molecular weight excluding hydrogens is 910 g/mol. The van der Waals surface area contributed by atoms with E-state index in [1.165, 1.54) is 64.0 Å². The van der Waals surface area contributed by atoms with Crippen LogP contribution in [0.25, 0.3) is 20.9 Å². The van der Waals surface area contributed by atoms with Crippen molar-refractivity contribution in [1.82, 2.24) is 5.32 Å². The molecule has 4 aromatic carbocycles. The molecule has 1 amide bonds. The zero-order valence-electron chi connectivity index (χ0n) is 39.5. The summed E-state index contributed by atoms with van der Waals surface area (Å²) in [4.78, 5) is 22.7. The third-order valence-electron chi connectivity index (χ3n) is 11.1. The number of carbonyl (C=O) groups is 1. The second-order valence-corrected chi connectivity index (χ2v) is 29.4. The van der Waals surface area contributed by atoms with Gasteiger partial charge >= 0.3 is 5.20 Å². The highest BCUT2D eigenvalue weighted by Gasteiger charge is 2.22. The molecule has 2 aromatic heterocycles. The van der Waals surface area contributed by atoms with Crippen molar-refractivity contribution < 1.29 is 9.36 Å². The first-order chi connectivity index (χ1) is 29.7. The molecule has 4 nitrogen and oxygen atoms in total. The molecule has 0 saturated carbocycles. The summed E-state index contributed by atoms with van der Waals surface area (Å²) in [5.74, 6) is -0.00925. The number of hydrogen-bond donors (Lipinski definition) is 1. The summed E-state index contributed by atoms with van der Waals surface area (Å²) >= 11 is 17.6. The summed E-state index contributed by atoms with van der Waals surface area (Å²) < 4.78 is 9.51. The van der Waals surface area contributed by atoms with Crippen LogP contribution in [0.1, 0.15) is 137 Å². The Labute approximate surface area is 405 Å². The average Bonchev–Trinajstić information content (AvgIpc) is 3.87. The van der Waals surface area contributed by atoms with Gasteiger partial charge in [0, 0.05) is 55.7 Å². The van der Waals surface area contributed by atoms with Gasteiger partial charge in [-0.15, -0.1) is 22.7 Å². The molecule has 7 rings (SSSR count). The van der Waals surface area contributed by atoms with Gasteiger partial charge in [-0.1, -0.05) is 168 Å². The van der Waals surface area contributed by atoms with Crippen molar-refractivity contribution in [2.75, 3.05) is 13.1 Å². The number of halogens is 3. The van der Waals surface area contributed by atoms with Gasteiger partial charge in [-0.3, -0.25) is 14.4 Å². The summed E-state index contributed by atoms with van der Waals surface area (Å²) in [5, 5.41) is -0.176. The first-order valence-electron chi connectivity index (χ1n) is 21.8. The molecular formula is C54H64Cl3N2O2PS2. The van der Waals surface area contributed by atoms with Crippen molar-refractivity contribution in [2.24, 2.45) is 4.99 Å². The van der Waals surface area contributed by atoms with Crippen molar-refractivity contribution in [3.63, 3.8) is 0 Å². The zero-order chi connectivity index (χ0) is 47.3. The molecule has 0 radical (unpaired) electrons. The van der Waals surface area contributed by atoms with Crippen LogP contribution in [0.5, 0.6) is 0 Å². The molecule has 3 heterocycles. The minimum atomic E-state index is -3.22. The van der Waals surface area contributed by atoms with E-state index in [9.17, 15) is 9.36 Å². The molecule has 6 aromatic rings. The fraction of sp³-hybridized carbons (Fsp3) is 0.370. The van der Waals surface area contributed by atoms with Crippen molar-refractivity contribution in [1.29, 1.82) is 0 Å². The van der Waals surface area contributed by atoms with Gasteiger partial charge in [0.25, 0.3) is 5.91 Å². The van der Waals surface area contributed by atoms with Gasteiger partial charge < -0.3 is 5.32 Å². The fourth-order valence-electron chi connectivity index (χ4n) is 7.15. The first kappa shape index (κ1) is 51.5. The quantitative estimate of drug-likeness (QED) is 0.162. The van der Waals surface area contributed by atoms with Crippen molar-refractivity contribution >= 4 is 73.2 Å². The van der Waals surface area contributed by atoms with E-state index in [0.717, 1.165) is 25.1 Å². The number of carbonyl (C=O) groups excluding carboxylic acids is 1. The minimum Gasteiger partial charge on any atom is -0.352 e. The van der Waals surface area contributed by atoms with Crippen LogP contribution in [0.4, 0.5) is 0 Å². The number of hydrogen-bond acceptors (Lipinski definition) is 5. The van der Waals surface area contributed by atoms with Gasteiger partial charge in [-0.05, 0) is 126 Å². The molecule has 10 heteroatoms. The van der Waals surface area contributed by atoms with Crippen molar-refractivity contribution in [3.8, 4) is 20.9 Å². The lowest BCUT2D eigenvalue weighted by molar-refractivity contribution is 0.0954. The maximum absolute atomic E-state index is 12.4. The molecule has 0 spiro atoms. The number of nitrogens with one attached hydrogen (secondary N) is 1. The SMILES string of the molecule is CC(C)(C)c1ccc(C(=O)NCCc2ccc(-c3ccc(C(C)(C)C)cc3)s2)cc1.CC(C)(C)c1ccc(C2=NCCc3sc(-c4ccc(C(C)(C)C)cc4)cc32)cc1.O=P(Cl)(Cl)Cl. The summed E-state index contributed by atoms with van der Waals surface area (Å²) in [5.41, 5.74) is 12.9. The molecule has 0 unspecified atom stereocenters. The summed E-state index contributed by atoms with van der Waals surface area (Å²) in [6.45, 7) is 28.3. The zero-order valence-corrected chi connectivity index (χ0v) is 44.3. The predicted molar refractivity (Wildman–Crippen MR) is 283 cm³/mol. The Morgan fingerprint density at radius 1 is 0.578 bits per heavy atom. The summed E-state index contributed by atoms with van der Waals surface area (Å²) in [7, 11) is 0. The fourth-order valence-corrected chi connectivity index (χ4v) is 9.31. The van der Waals surface area contributed by atoms with Crippen LogP contribution in [0, 0.1) is 0 Å². The normalized spacial score (nSPS) is 13.1. The van der Waals surface area contributed by atoms with E-state index < -0.39 is 5.20 Å². The molecule has 1 aliphatic rings.